The van der Waals surface area contributed by atoms with E-state index in [9.17, 15) is 0 Å². The van der Waals surface area contributed by atoms with Crippen molar-refractivity contribution in [3.8, 4) is 67.0 Å². The summed E-state index contributed by atoms with van der Waals surface area (Å²) in [5, 5.41) is 2.92. The van der Waals surface area contributed by atoms with Gasteiger partial charge in [0.2, 0.25) is 0 Å². The van der Waals surface area contributed by atoms with Crippen molar-refractivity contribution in [3.63, 3.8) is 0 Å². The van der Waals surface area contributed by atoms with Gasteiger partial charge in [0.05, 0.1) is 10.2 Å². The molecule has 10 aromatic rings. The second kappa shape index (κ2) is 12.5. The predicted molar refractivity (Wildman–Crippen MR) is 213 cm³/mol. The van der Waals surface area contributed by atoms with Crippen LogP contribution < -0.4 is 0 Å². The molecule has 0 saturated carbocycles. The number of hydrogen-bond acceptors (Lipinski definition) is 6. The van der Waals surface area contributed by atoms with Gasteiger partial charge in [-0.05, 0) is 58.7 Å². The van der Waals surface area contributed by atoms with Crippen molar-refractivity contribution in [3.05, 3.63) is 170 Å². The molecule has 0 fully saturated rings. The average molecular weight is 685 g/mol. The molecular formula is C46H28N4OS. The van der Waals surface area contributed by atoms with E-state index in [-0.39, 0.29) is 0 Å². The summed E-state index contributed by atoms with van der Waals surface area (Å²) in [4.78, 5) is 20.3. The molecule has 3 heterocycles. The first-order valence-electron chi connectivity index (χ1n) is 17.1. The van der Waals surface area contributed by atoms with Gasteiger partial charge in [0.25, 0.3) is 0 Å². The van der Waals surface area contributed by atoms with Gasteiger partial charge in [-0.2, -0.15) is 0 Å². The van der Waals surface area contributed by atoms with E-state index in [4.69, 9.17) is 24.4 Å². The third-order valence-electron chi connectivity index (χ3n) is 9.41. The SMILES string of the molecule is c1ccc(-c2ccc(-c3nc(-c4ccc(-c5ccccc5)cc4)nc(-c4cccc5oc6ccc(-c7nc8ccccc8s7)cc6c45)n3)cc2)cc1. The number of nitrogens with zero attached hydrogens (tertiary/aromatic N) is 4. The summed E-state index contributed by atoms with van der Waals surface area (Å²) in [7, 11) is 0. The Morgan fingerprint density at radius 2 is 0.923 bits per heavy atom. The standard InChI is InChI=1S/C46H28N4OS/c1-3-10-29(11-4-1)31-18-22-33(23-19-31)43-48-44(34-24-20-32(21-25-34)30-12-5-2-6-13-30)50-45(49-43)36-14-9-16-40-42(36)37-28-35(26-27-39(37)51-40)46-47-38-15-7-8-17-41(38)52-46/h1-28H. The lowest BCUT2D eigenvalue weighted by Gasteiger charge is -2.10. The molecule has 244 valence electrons. The summed E-state index contributed by atoms with van der Waals surface area (Å²) >= 11 is 1.69. The summed E-state index contributed by atoms with van der Waals surface area (Å²) in [6.07, 6.45) is 0. The molecule has 0 N–H and O–H groups in total. The lowest BCUT2D eigenvalue weighted by molar-refractivity contribution is 0.669. The highest BCUT2D eigenvalue weighted by Gasteiger charge is 2.19. The highest BCUT2D eigenvalue weighted by molar-refractivity contribution is 7.21. The quantitative estimate of drug-likeness (QED) is 0.174. The first-order valence-corrected chi connectivity index (χ1v) is 17.9. The summed E-state index contributed by atoms with van der Waals surface area (Å²) in [5.41, 5.74) is 10.9. The molecule has 0 unspecified atom stereocenters. The van der Waals surface area contributed by atoms with E-state index in [1.807, 2.05) is 36.4 Å². The molecule has 0 aliphatic rings. The molecule has 0 saturated heterocycles. The first-order chi connectivity index (χ1) is 25.7. The van der Waals surface area contributed by atoms with Crippen LogP contribution in [0.25, 0.3) is 99.1 Å². The van der Waals surface area contributed by atoms with Crippen molar-refractivity contribution < 1.29 is 4.42 Å². The van der Waals surface area contributed by atoms with Crippen LogP contribution in [0.3, 0.4) is 0 Å². The highest BCUT2D eigenvalue weighted by atomic mass is 32.1. The van der Waals surface area contributed by atoms with Gasteiger partial charge in [0, 0.05) is 33.0 Å². The zero-order valence-corrected chi connectivity index (χ0v) is 28.6. The van der Waals surface area contributed by atoms with Gasteiger partial charge >= 0.3 is 0 Å². The van der Waals surface area contributed by atoms with Crippen LogP contribution in [0.5, 0.6) is 0 Å². The number of aromatic nitrogens is 4. The smallest absolute Gasteiger partial charge is 0.164 e. The van der Waals surface area contributed by atoms with Crippen molar-refractivity contribution in [2.45, 2.75) is 0 Å². The monoisotopic (exact) mass is 684 g/mol. The van der Waals surface area contributed by atoms with Crippen LogP contribution in [0.4, 0.5) is 0 Å². The minimum Gasteiger partial charge on any atom is -0.456 e. The van der Waals surface area contributed by atoms with Crippen LogP contribution in [-0.4, -0.2) is 19.9 Å². The Morgan fingerprint density at radius 3 is 1.56 bits per heavy atom. The van der Waals surface area contributed by atoms with Crippen LogP contribution in [0.15, 0.2) is 174 Å². The molecule has 52 heavy (non-hydrogen) atoms. The van der Waals surface area contributed by atoms with E-state index in [2.05, 4.69) is 133 Å². The second-order valence-electron chi connectivity index (χ2n) is 12.7. The Kier molecular flexibility index (Phi) is 7.25. The molecule has 5 nitrogen and oxygen atoms in total. The normalized spacial score (nSPS) is 11.5. The van der Waals surface area contributed by atoms with E-state index in [1.165, 1.54) is 0 Å². The van der Waals surface area contributed by atoms with Crippen molar-refractivity contribution >= 4 is 43.5 Å². The second-order valence-corrected chi connectivity index (χ2v) is 13.7. The maximum atomic E-state index is 6.42. The fourth-order valence-corrected chi connectivity index (χ4v) is 7.74. The number of para-hydroxylation sites is 1. The Morgan fingerprint density at radius 1 is 0.385 bits per heavy atom. The summed E-state index contributed by atoms with van der Waals surface area (Å²) in [5.74, 6) is 1.79. The lowest BCUT2D eigenvalue weighted by Crippen LogP contribution is -2.00. The highest BCUT2D eigenvalue weighted by Crippen LogP contribution is 2.40. The molecule has 0 bridgehead atoms. The molecule has 10 rings (SSSR count). The van der Waals surface area contributed by atoms with Gasteiger partial charge < -0.3 is 4.42 Å². The van der Waals surface area contributed by atoms with E-state index < -0.39 is 0 Å². The molecule has 0 aliphatic heterocycles. The number of fused-ring (bicyclic) bond motifs is 4. The minimum atomic E-state index is 0.581. The van der Waals surface area contributed by atoms with Gasteiger partial charge in [0.1, 0.15) is 16.2 Å². The van der Waals surface area contributed by atoms with Crippen LogP contribution in [0.2, 0.25) is 0 Å². The zero-order chi connectivity index (χ0) is 34.4. The molecule has 0 atom stereocenters. The Labute approximate surface area is 303 Å². The fourth-order valence-electron chi connectivity index (χ4n) is 6.78. The van der Waals surface area contributed by atoms with Crippen LogP contribution in [-0.2, 0) is 0 Å². The molecule has 0 amide bonds. The fraction of sp³-hybridized carbons (Fsp3) is 0. The van der Waals surface area contributed by atoms with Crippen molar-refractivity contribution in [1.82, 2.24) is 19.9 Å². The molecule has 0 radical (unpaired) electrons. The number of benzene rings is 7. The van der Waals surface area contributed by atoms with E-state index in [1.54, 1.807) is 11.3 Å². The number of rotatable bonds is 6. The topological polar surface area (TPSA) is 64.7 Å². The molecule has 7 aromatic carbocycles. The predicted octanol–water partition coefficient (Wildman–Crippen LogP) is 12.4. The molecule has 3 aromatic heterocycles. The first kappa shape index (κ1) is 30.1. The summed E-state index contributed by atoms with van der Waals surface area (Å²) in [6, 6.07) is 58.2. The number of thiazole rings is 1. The Balaban J connectivity index is 1.13. The van der Waals surface area contributed by atoms with E-state index in [0.717, 1.165) is 81.7 Å². The van der Waals surface area contributed by atoms with E-state index in [0.29, 0.717) is 17.5 Å². The molecule has 0 aliphatic carbocycles. The third-order valence-corrected chi connectivity index (χ3v) is 10.5. The van der Waals surface area contributed by atoms with Gasteiger partial charge in [-0.15, -0.1) is 11.3 Å². The third kappa shape index (κ3) is 5.43. The van der Waals surface area contributed by atoms with Crippen molar-refractivity contribution in [2.75, 3.05) is 0 Å². The zero-order valence-electron chi connectivity index (χ0n) is 27.8. The Bertz CT molecular complexity index is 2750. The molecule has 0 spiro atoms. The number of hydrogen-bond donors (Lipinski definition) is 0. The minimum absolute atomic E-state index is 0.581. The summed E-state index contributed by atoms with van der Waals surface area (Å²) in [6.45, 7) is 0. The van der Waals surface area contributed by atoms with Crippen LogP contribution in [0.1, 0.15) is 0 Å². The molecule has 6 heteroatoms. The lowest BCUT2D eigenvalue weighted by atomic mass is 10.0. The van der Waals surface area contributed by atoms with Gasteiger partial charge in [-0.3, -0.25) is 0 Å². The van der Waals surface area contributed by atoms with Gasteiger partial charge in [-0.25, -0.2) is 19.9 Å². The van der Waals surface area contributed by atoms with Crippen molar-refractivity contribution in [1.29, 1.82) is 0 Å². The van der Waals surface area contributed by atoms with Gasteiger partial charge in [-0.1, -0.05) is 133 Å². The molecular weight excluding hydrogens is 657 g/mol. The van der Waals surface area contributed by atoms with Gasteiger partial charge in [0.15, 0.2) is 17.5 Å². The Hall–Kier alpha value is -6.76. The van der Waals surface area contributed by atoms with E-state index >= 15 is 0 Å². The van der Waals surface area contributed by atoms with Crippen molar-refractivity contribution in [2.24, 2.45) is 0 Å². The number of furan rings is 1. The maximum Gasteiger partial charge on any atom is 0.164 e. The maximum absolute atomic E-state index is 6.42. The largest absolute Gasteiger partial charge is 0.456 e. The van der Waals surface area contributed by atoms with Crippen LogP contribution >= 0.6 is 11.3 Å². The van der Waals surface area contributed by atoms with Crippen LogP contribution in [0, 0.1) is 0 Å². The average Bonchev–Trinajstić information content (AvgIpc) is 3.83. The summed E-state index contributed by atoms with van der Waals surface area (Å²) < 4.78 is 7.58.